The summed E-state index contributed by atoms with van der Waals surface area (Å²) in [6.07, 6.45) is 4.56. The molecular formula is C23H17BrClNO4. The van der Waals surface area contributed by atoms with Gasteiger partial charge in [0.25, 0.3) is 0 Å². The number of hydrogen-bond donors (Lipinski definition) is 1. The van der Waals surface area contributed by atoms with E-state index in [2.05, 4.69) is 20.9 Å². The number of ether oxygens (including phenoxy) is 2. The van der Waals surface area contributed by atoms with E-state index in [0.717, 1.165) is 10.0 Å². The molecule has 0 aliphatic heterocycles. The first-order valence-corrected chi connectivity index (χ1v) is 9.98. The van der Waals surface area contributed by atoms with Crippen LogP contribution in [-0.2, 0) is 4.79 Å². The summed E-state index contributed by atoms with van der Waals surface area (Å²) in [5.74, 6) is 0.0168. The zero-order chi connectivity index (χ0) is 21.5. The van der Waals surface area contributed by atoms with Crippen molar-refractivity contribution < 1.29 is 19.4 Å². The quantitative estimate of drug-likeness (QED) is 0.195. The molecule has 0 aromatic heterocycles. The zero-order valence-electron chi connectivity index (χ0n) is 15.9. The number of carbonyl (C=O) groups excluding carboxylic acids is 1. The Morgan fingerprint density at radius 3 is 2.57 bits per heavy atom. The molecule has 0 bridgehead atoms. The summed E-state index contributed by atoms with van der Waals surface area (Å²) < 4.78 is 11.6. The van der Waals surface area contributed by atoms with Crippen LogP contribution in [0.1, 0.15) is 11.1 Å². The Labute approximate surface area is 187 Å². The molecule has 0 radical (unpaired) electrons. The Morgan fingerprint density at radius 2 is 1.87 bits per heavy atom. The summed E-state index contributed by atoms with van der Waals surface area (Å²) in [7, 11) is 1.46. The van der Waals surface area contributed by atoms with Gasteiger partial charge in [-0.05, 0) is 65.7 Å². The highest BCUT2D eigenvalue weighted by Crippen LogP contribution is 2.36. The summed E-state index contributed by atoms with van der Waals surface area (Å²) >= 11 is 9.70. The average molecular weight is 487 g/mol. The van der Waals surface area contributed by atoms with E-state index >= 15 is 0 Å². The van der Waals surface area contributed by atoms with E-state index in [-0.39, 0.29) is 16.5 Å². The molecule has 152 valence electrons. The fourth-order valence-corrected chi connectivity index (χ4v) is 3.18. The number of nitrogens with zero attached hydrogens (tertiary/aromatic N) is 1. The molecule has 7 heteroatoms. The van der Waals surface area contributed by atoms with Crippen molar-refractivity contribution in [1.82, 2.24) is 0 Å². The van der Waals surface area contributed by atoms with E-state index in [4.69, 9.17) is 21.1 Å². The van der Waals surface area contributed by atoms with Crippen molar-refractivity contribution in [3.05, 3.63) is 87.4 Å². The van der Waals surface area contributed by atoms with Crippen LogP contribution in [0.5, 0.6) is 17.2 Å². The molecule has 0 saturated heterocycles. The first-order chi connectivity index (χ1) is 14.4. The number of methoxy groups -OCH3 is 1. The van der Waals surface area contributed by atoms with E-state index < -0.39 is 5.97 Å². The van der Waals surface area contributed by atoms with Gasteiger partial charge in [-0.15, -0.1) is 0 Å². The number of halogens is 2. The zero-order valence-corrected chi connectivity index (χ0v) is 18.2. The van der Waals surface area contributed by atoms with Gasteiger partial charge < -0.3 is 14.6 Å². The highest BCUT2D eigenvalue weighted by Gasteiger charge is 2.14. The number of phenolic OH excluding ortho intramolecular Hbond substituents is 1. The Hall–Kier alpha value is -3.09. The molecule has 3 aromatic carbocycles. The van der Waals surface area contributed by atoms with Crippen molar-refractivity contribution in [1.29, 1.82) is 0 Å². The third kappa shape index (κ3) is 5.95. The maximum absolute atomic E-state index is 12.2. The molecule has 0 fully saturated rings. The lowest BCUT2D eigenvalue weighted by Gasteiger charge is -2.11. The SMILES string of the molecule is COc1cc(/C=N/c2ccc(O)cc2)cc(Cl)c1OC(=O)/C=C/c1cccc(Br)c1. The lowest BCUT2D eigenvalue weighted by molar-refractivity contribution is -0.129. The molecule has 3 rings (SSSR count). The van der Waals surface area contributed by atoms with Crippen molar-refractivity contribution in [3.8, 4) is 17.2 Å². The topological polar surface area (TPSA) is 68.1 Å². The molecule has 0 aliphatic rings. The van der Waals surface area contributed by atoms with Crippen LogP contribution < -0.4 is 9.47 Å². The third-order valence-corrected chi connectivity index (χ3v) is 4.70. The van der Waals surface area contributed by atoms with Crippen molar-refractivity contribution >= 4 is 51.5 Å². The van der Waals surface area contributed by atoms with Gasteiger partial charge in [-0.3, -0.25) is 4.99 Å². The van der Waals surface area contributed by atoms with Crippen LogP contribution in [0.4, 0.5) is 5.69 Å². The second-order valence-corrected chi connectivity index (χ2v) is 7.44. The van der Waals surface area contributed by atoms with Gasteiger partial charge in [0.05, 0.1) is 17.8 Å². The Morgan fingerprint density at radius 1 is 1.10 bits per heavy atom. The minimum absolute atomic E-state index is 0.129. The minimum atomic E-state index is -0.583. The average Bonchev–Trinajstić information content (AvgIpc) is 2.73. The van der Waals surface area contributed by atoms with E-state index in [1.165, 1.54) is 13.2 Å². The lowest BCUT2D eigenvalue weighted by atomic mass is 10.2. The van der Waals surface area contributed by atoms with E-state index in [1.807, 2.05) is 24.3 Å². The first kappa shape index (κ1) is 21.6. The summed E-state index contributed by atoms with van der Waals surface area (Å²) in [6, 6.07) is 17.2. The largest absolute Gasteiger partial charge is 0.508 e. The number of esters is 1. The molecule has 3 aromatic rings. The number of hydrogen-bond acceptors (Lipinski definition) is 5. The van der Waals surface area contributed by atoms with Crippen LogP contribution in [0.2, 0.25) is 5.02 Å². The first-order valence-electron chi connectivity index (χ1n) is 8.80. The summed E-state index contributed by atoms with van der Waals surface area (Å²) in [6.45, 7) is 0. The van der Waals surface area contributed by atoms with Crippen LogP contribution in [0.25, 0.3) is 6.08 Å². The van der Waals surface area contributed by atoms with Gasteiger partial charge in [0.1, 0.15) is 5.75 Å². The second-order valence-electron chi connectivity index (χ2n) is 6.12. The fourth-order valence-electron chi connectivity index (χ4n) is 2.51. The van der Waals surface area contributed by atoms with Crippen LogP contribution in [0.3, 0.4) is 0 Å². The Bertz CT molecular complexity index is 1110. The highest BCUT2D eigenvalue weighted by molar-refractivity contribution is 9.10. The molecule has 0 heterocycles. The summed E-state index contributed by atoms with van der Waals surface area (Å²) in [5.41, 5.74) is 2.17. The highest BCUT2D eigenvalue weighted by atomic mass is 79.9. The van der Waals surface area contributed by atoms with Gasteiger partial charge in [-0.1, -0.05) is 39.7 Å². The number of benzene rings is 3. The minimum Gasteiger partial charge on any atom is -0.508 e. The normalized spacial score (nSPS) is 11.2. The smallest absolute Gasteiger partial charge is 0.336 e. The van der Waals surface area contributed by atoms with Gasteiger partial charge in [0.15, 0.2) is 11.5 Å². The van der Waals surface area contributed by atoms with Crippen molar-refractivity contribution in [3.63, 3.8) is 0 Å². The molecular weight excluding hydrogens is 470 g/mol. The van der Waals surface area contributed by atoms with Gasteiger partial charge in [-0.25, -0.2) is 4.79 Å². The monoisotopic (exact) mass is 485 g/mol. The van der Waals surface area contributed by atoms with E-state index in [1.54, 1.807) is 48.7 Å². The van der Waals surface area contributed by atoms with E-state index in [9.17, 15) is 9.90 Å². The summed E-state index contributed by atoms with van der Waals surface area (Å²) in [5, 5.41) is 9.54. The van der Waals surface area contributed by atoms with Crippen molar-refractivity contribution in [2.45, 2.75) is 0 Å². The second kappa shape index (κ2) is 10.1. The molecule has 0 atom stereocenters. The molecule has 0 aliphatic carbocycles. The van der Waals surface area contributed by atoms with Gasteiger partial charge in [-0.2, -0.15) is 0 Å². The van der Waals surface area contributed by atoms with Gasteiger partial charge in [0.2, 0.25) is 0 Å². The van der Waals surface area contributed by atoms with Gasteiger partial charge >= 0.3 is 5.97 Å². The van der Waals surface area contributed by atoms with Crippen LogP contribution in [-0.4, -0.2) is 24.4 Å². The maximum atomic E-state index is 12.2. The molecule has 5 nitrogen and oxygen atoms in total. The third-order valence-electron chi connectivity index (χ3n) is 3.93. The Balaban J connectivity index is 1.76. The lowest BCUT2D eigenvalue weighted by Crippen LogP contribution is -2.06. The van der Waals surface area contributed by atoms with Crippen LogP contribution >= 0.6 is 27.5 Å². The standard InChI is InChI=1S/C23H17BrClNO4/c1-29-21-13-16(14-26-18-6-8-19(27)9-7-18)12-20(25)23(21)30-22(28)10-5-15-3-2-4-17(24)11-15/h2-14,27H,1H3/b10-5+,26-14+. The Kier molecular flexibility index (Phi) is 7.27. The van der Waals surface area contributed by atoms with Gasteiger partial charge in [0, 0.05) is 16.8 Å². The fraction of sp³-hybridized carbons (Fsp3) is 0.0435. The molecule has 1 N–H and O–H groups in total. The number of rotatable bonds is 6. The number of aliphatic imine (C=N–C) groups is 1. The van der Waals surface area contributed by atoms with Crippen LogP contribution in [0.15, 0.2) is 76.2 Å². The number of aromatic hydroxyl groups is 1. The molecule has 0 amide bonds. The van der Waals surface area contributed by atoms with Crippen molar-refractivity contribution in [2.24, 2.45) is 4.99 Å². The maximum Gasteiger partial charge on any atom is 0.336 e. The number of phenols is 1. The van der Waals surface area contributed by atoms with E-state index in [0.29, 0.717) is 17.0 Å². The summed E-state index contributed by atoms with van der Waals surface area (Å²) in [4.78, 5) is 16.6. The predicted molar refractivity (Wildman–Crippen MR) is 122 cm³/mol. The van der Waals surface area contributed by atoms with Crippen molar-refractivity contribution in [2.75, 3.05) is 7.11 Å². The number of carbonyl (C=O) groups is 1. The predicted octanol–water partition coefficient (Wildman–Crippen LogP) is 6.19. The molecule has 0 saturated carbocycles. The molecule has 0 spiro atoms. The molecule has 0 unspecified atom stereocenters. The molecule has 30 heavy (non-hydrogen) atoms. The van der Waals surface area contributed by atoms with Crippen LogP contribution in [0, 0.1) is 0 Å².